The van der Waals surface area contributed by atoms with E-state index in [0.717, 1.165) is 10.2 Å². The zero-order chi connectivity index (χ0) is 10.8. The van der Waals surface area contributed by atoms with Gasteiger partial charge in [-0.05, 0) is 18.2 Å². The van der Waals surface area contributed by atoms with E-state index in [0.29, 0.717) is 18.9 Å². The Kier molecular flexibility index (Phi) is 2.81. The van der Waals surface area contributed by atoms with Crippen molar-refractivity contribution in [3.63, 3.8) is 0 Å². The van der Waals surface area contributed by atoms with E-state index < -0.39 is 0 Å². The number of nitrogens with zero attached hydrogens (tertiary/aromatic N) is 1. The lowest BCUT2D eigenvalue weighted by Gasteiger charge is -2.16. The number of halogens is 1. The second kappa shape index (κ2) is 4.10. The lowest BCUT2D eigenvalue weighted by atomic mass is 10.2. The van der Waals surface area contributed by atoms with Crippen LogP contribution in [0.3, 0.4) is 0 Å². The molecule has 2 rings (SSSR count). The number of benzene rings is 1. The normalized spacial score (nSPS) is 15.3. The topological polar surface area (TPSA) is 38.8 Å². The number of amides is 1. The minimum atomic E-state index is -0.327. The van der Waals surface area contributed by atoms with Crippen molar-refractivity contribution in [2.75, 3.05) is 25.2 Å². The van der Waals surface area contributed by atoms with Gasteiger partial charge in [0.2, 0.25) is 0 Å². The molecule has 0 N–H and O–H groups in total. The Hall–Kier alpha value is -1.23. The van der Waals surface area contributed by atoms with Gasteiger partial charge in [-0.3, -0.25) is 4.90 Å². The predicted molar refractivity (Wildman–Crippen MR) is 59.4 cm³/mol. The van der Waals surface area contributed by atoms with Gasteiger partial charge in [0.05, 0.1) is 19.3 Å². The zero-order valence-corrected chi connectivity index (χ0v) is 9.78. The van der Waals surface area contributed by atoms with E-state index in [-0.39, 0.29) is 6.09 Å². The zero-order valence-electron chi connectivity index (χ0n) is 8.20. The summed E-state index contributed by atoms with van der Waals surface area (Å²) < 4.78 is 11.0. The van der Waals surface area contributed by atoms with Crippen LogP contribution in [0.25, 0.3) is 0 Å². The van der Waals surface area contributed by atoms with Crippen molar-refractivity contribution in [2.24, 2.45) is 0 Å². The van der Waals surface area contributed by atoms with Crippen LogP contribution in [0, 0.1) is 0 Å². The van der Waals surface area contributed by atoms with Gasteiger partial charge < -0.3 is 9.47 Å². The Bertz CT molecular complexity index is 394. The highest BCUT2D eigenvalue weighted by molar-refractivity contribution is 9.10. The molecule has 1 heterocycles. The van der Waals surface area contributed by atoms with Gasteiger partial charge in [0.1, 0.15) is 12.4 Å². The molecule has 1 aliphatic heterocycles. The van der Waals surface area contributed by atoms with Gasteiger partial charge in [-0.25, -0.2) is 4.79 Å². The molecule has 4 nitrogen and oxygen atoms in total. The van der Waals surface area contributed by atoms with E-state index in [9.17, 15) is 4.79 Å². The molecule has 0 bridgehead atoms. The average molecular weight is 272 g/mol. The quantitative estimate of drug-likeness (QED) is 0.829. The third kappa shape index (κ3) is 1.92. The molecule has 1 aliphatic rings. The molecule has 0 aromatic heterocycles. The van der Waals surface area contributed by atoms with E-state index >= 15 is 0 Å². The lowest BCUT2D eigenvalue weighted by molar-refractivity contribution is 0.181. The van der Waals surface area contributed by atoms with Crippen LogP contribution in [0.15, 0.2) is 22.7 Å². The van der Waals surface area contributed by atoms with Crippen LogP contribution >= 0.6 is 15.9 Å². The highest BCUT2D eigenvalue weighted by atomic mass is 79.9. The molecule has 15 heavy (non-hydrogen) atoms. The number of cyclic esters (lactones) is 1. The van der Waals surface area contributed by atoms with Crippen molar-refractivity contribution in [3.8, 4) is 5.75 Å². The number of anilines is 1. The lowest BCUT2D eigenvalue weighted by Crippen LogP contribution is -2.23. The number of hydrogen-bond donors (Lipinski definition) is 0. The fraction of sp³-hybridized carbons (Fsp3) is 0.300. The van der Waals surface area contributed by atoms with Crippen LogP contribution in [0.4, 0.5) is 10.5 Å². The number of ether oxygens (including phenoxy) is 2. The maximum atomic E-state index is 11.4. The van der Waals surface area contributed by atoms with Gasteiger partial charge in [0, 0.05) is 4.47 Å². The third-order valence-electron chi connectivity index (χ3n) is 2.19. The van der Waals surface area contributed by atoms with Crippen molar-refractivity contribution >= 4 is 27.7 Å². The minimum Gasteiger partial charge on any atom is -0.495 e. The molecule has 5 heteroatoms. The maximum absolute atomic E-state index is 11.4. The first-order chi connectivity index (χ1) is 7.22. The molecule has 0 atom stereocenters. The van der Waals surface area contributed by atoms with Crippen molar-refractivity contribution in [1.29, 1.82) is 0 Å². The van der Waals surface area contributed by atoms with Gasteiger partial charge in [-0.1, -0.05) is 15.9 Å². The van der Waals surface area contributed by atoms with Crippen LogP contribution in [-0.2, 0) is 4.74 Å². The van der Waals surface area contributed by atoms with Crippen molar-refractivity contribution in [2.45, 2.75) is 0 Å². The van der Waals surface area contributed by atoms with Crippen LogP contribution in [-0.4, -0.2) is 26.4 Å². The largest absolute Gasteiger partial charge is 0.495 e. The maximum Gasteiger partial charge on any atom is 0.414 e. The molecule has 1 aromatic rings. The Morgan fingerprint density at radius 2 is 2.33 bits per heavy atom. The molecule has 0 spiro atoms. The van der Waals surface area contributed by atoms with Crippen molar-refractivity contribution < 1.29 is 14.3 Å². The first-order valence-corrected chi connectivity index (χ1v) is 5.29. The monoisotopic (exact) mass is 271 g/mol. The Morgan fingerprint density at radius 1 is 1.53 bits per heavy atom. The summed E-state index contributed by atoms with van der Waals surface area (Å²) in [7, 11) is 1.58. The highest BCUT2D eigenvalue weighted by Crippen LogP contribution is 2.32. The molecule has 0 aliphatic carbocycles. The van der Waals surface area contributed by atoms with Crippen LogP contribution < -0.4 is 9.64 Å². The first-order valence-electron chi connectivity index (χ1n) is 4.50. The summed E-state index contributed by atoms with van der Waals surface area (Å²) in [5.41, 5.74) is 0.731. The molecule has 0 saturated carbocycles. The molecular formula is C10H10BrNO3. The van der Waals surface area contributed by atoms with E-state index in [2.05, 4.69) is 15.9 Å². The van der Waals surface area contributed by atoms with Gasteiger partial charge in [-0.15, -0.1) is 0 Å². The van der Waals surface area contributed by atoms with Crippen molar-refractivity contribution in [3.05, 3.63) is 22.7 Å². The van der Waals surface area contributed by atoms with Gasteiger partial charge in [-0.2, -0.15) is 0 Å². The fourth-order valence-electron chi connectivity index (χ4n) is 1.49. The van der Waals surface area contributed by atoms with E-state index in [4.69, 9.17) is 9.47 Å². The molecular weight excluding hydrogens is 262 g/mol. The van der Waals surface area contributed by atoms with Crippen LogP contribution in [0.2, 0.25) is 0 Å². The average Bonchev–Trinajstić information content (AvgIpc) is 2.64. The van der Waals surface area contributed by atoms with E-state index in [1.165, 1.54) is 0 Å². The summed E-state index contributed by atoms with van der Waals surface area (Å²) in [6, 6.07) is 5.51. The van der Waals surface area contributed by atoms with Crippen molar-refractivity contribution in [1.82, 2.24) is 0 Å². The second-order valence-corrected chi connectivity index (χ2v) is 4.00. The summed E-state index contributed by atoms with van der Waals surface area (Å²) >= 11 is 3.36. The molecule has 1 saturated heterocycles. The van der Waals surface area contributed by atoms with Crippen LogP contribution in [0.5, 0.6) is 5.75 Å². The van der Waals surface area contributed by atoms with Gasteiger partial charge in [0.15, 0.2) is 0 Å². The summed E-state index contributed by atoms with van der Waals surface area (Å²) in [5, 5.41) is 0. The summed E-state index contributed by atoms with van der Waals surface area (Å²) in [6.45, 7) is 0.986. The van der Waals surface area contributed by atoms with E-state index in [1.54, 1.807) is 12.0 Å². The summed E-state index contributed by atoms with van der Waals surface area (Å²) in [4.78, 5) is 12.9. The molecule has 1 fully saturated rings. The Balaban J connectivity index is 2.40. The summed E-state index contributed by atoms with van der Waals surface area (Å²) in [5.74, 6) is 0.664. The molecule has 1 aromatic carbocycles. The van der Waals surface area contributed by atoms with Crippen LogP contribution in [0.1, 0.15) is 0 Å². The standard InChI is InChI=1S/C10H10BrNO3/c1-14-9-3-2-7(11)6-8(9)12-4-5-15-10(12)13/h2-3,6H,4-5H2,1H3. The smallest absolute Gasteiger partial charge is 0.414 e. The Labute approximate surface area is 95.9 Å². The summed E-state index contributed by atoms with van der Waals surface area (Å²) in [6.07, 6.45) is -0.327. The SMILES string of the molecule is COc1ccc(Br)cc1N1CCOC1=O. The van der Waals surface area contributed by atoms with Gasteiger partial charge >= 0.3 is 6.09 Å². The molecule has 80 valence electrons. The van der Waals surface area contributed by atoms with Gasteiger partial charge in [0.25, 0.3) is 0 Å². The predicted octanol–water partition coefficient (Wildman–Crippen LogP) is 2.41. The number of hydrogen-bond acceptors (Lipinski definition) is 3. The molecule has 1 amide bonds. The number of rotatable bonds is 2. The number of methoxy groups -OCH3 is 1. The molecule has 0 unspecified atom stereocenters. The minimum absolute atomic E-state index is 0.327. The fourth-order valence-corrected chi connectivity index (χ4v) is 1.84. The van der Waals surface area contributed by atoms with E-state index in [1.807, 2.05) is 18.2 Å². The third-order valence-corrected chi connectivity index (χ3v) is 2.69. The highest BCUT2D eigenvalue weighted by Gasteiger charge is 2.26. The molecule has 0 radical (unpaired) electrons. The number of carbonyl (C=O) groups excluding carboxylic acids is 1. The second-order valence-electron chi connectivity index (χ2n) is 3.08. The Morgan fingerprint density at radius 3 is 2.93 bits per heavy atom. The number of carbonyl (C=O) groups is 1. The first kappa shape index (κ1) is 10.3.